The van der Waals surface area contributed by atoms with Crippen molar-refractivity contribution < 1.29 is 24.1 Å². The number of fused-ring (bicyclic) bond motifs is 1. The second kappa shape index (κ2) is 4.76. The molecule has 1 aliphatic rings. The Labute approximate surface area is 105 Å². The van der Waals surface area contributed by atoms with E-state index in [1.165, 1.54) is 13.0 Å². The molecule has 0 fully saturated rings. The minimum absolute atomic E-state index is 0.00838. The Kier molecular flexibility index (Phi) is 3.32. The van der Waals surface area contributed by atoms with Crippen LogP contribution in [0, 0.1) is 0 Å². The molecule has 0 radical (unpaired) electrons. The number of aromatic hydroxyl groups is 1. The molecule has 0 amide bonds. The lowest BCUT2D eigenvalue weighted by Crippen LogP contribution is -2.10. The molecule has 0 aliphatic carbocycles. The van der Waals surface area contributed by atoms with Crippen molar-refractivity contribution in [2.24, 2.45) is 0 Å². The highest BCUT2D eigenvalue weighted by molar-refractivity contribution is 5.73. The summed E-state index contributed by atoms with van der Waals surface area (Å²) in [6, 6.07) is 1.42. The molecule has 98 valence electrons. The van der Waals surface area contributed by atoms with Crippen molar-refractivity contribution in [3.05, 3.63) is 11.6 Å². The molecule has 1 aromatic rings. The van der Waals surface area contributed by atoms with Crippen molar-refractivity contribution >= 4 is 5.97 Å². The summed E-state index contributed by atoms with van der Waals surface area (Å²) in [7, 11) is 0. The van der Waals surface area contributed by atoms with Gasteiger partial charge in [0.05, 0.1) is 12.7 Å². The molecule has 0 saturated carbocycles. The van der Waals surface area contributed by atoms with Gasteiger partial charge in [0, 0.05) is 25.0 Å². The fourth-order valence-corrected chi connectivity index (χ4v) is 1.90. The zero-order chi connectivity index (χ0) is 13.3. The number of carbonyl (C=O) groups excluding carboxylic acids is 1. The average Bonchev–Trinajstić information content (AvgIpc) is 2.71. The summed E-state index contributed by atoms with van der Waals surface area (Å²) in [6.07, 6.45) is 0.500. The van der Waals surface area contributed by atoms with E-state index in [1.807, 2.05) is 13.8 Å². The smallest absolute Gasteiger partial charge is 0.308 e. The van der Waals surface area contributed by atoms with Crippen LogP contribution in [0.25, 0.3) is 0 Å². The molecule has 0 aromatic heterocycles. The van der Waals surface area contributed by atoms with E-state index in [2.05, 4.69) is 0 Å². The van der Waals surface area contributed by atoms with E-state index in [1.54, 1.807) is 0 Å². The van der Waals surface area contributed by atoms with E-state index >= 15 is 0 Å². The summed E-state index contributed by atoms with van der Waals surface area (Å²) in [4.78, 5) is 11.2. The minimum atomic E-state index is -0.427. The molecule has 0 atom stereocenters. The van der Waals surface area contributed by atoms with Crippen LogP contribution in [-0.2, 0) is 11.2 Å². The Balaban J connectivity index is 2.50. The normalized spacial score (nSPS) is 13.1. The second-order valence-electron chi connectivity index (χ2n) is 4.39. The number of phenols is 1. The number of ether oxygens (including phenoxy) is 3. The second-order valence-corrected chi connectivity index (χ2v) is 4.39. The topological polar surface area (TPSA) is 65.0 Å². The van der Waals surface area contributed by atoms with E-state index in [0.29, 0.717) is 35.8 Å². The third-order valence-electron chi connectivity index (χ3n) is 2.48. The summed E-state index contributed by atoms with van der Waals surface area (Å²) in [5, 5.41) is 9.84. The summed E-state index contributed by atoms with van der Waals surface area (Å²) < 4.78 is 16.1. The van der Waals surface area contributed by atoms with Crippen molar-refractivity contribution in [2.75, 3.05) is 6.61 Å². The predicted molar refractivity (Wildman–Crippen MR) is 64.4 cm³/mol. The van der Waals surface area contributed by atoms with Crippen LogP contribution in [0.2, 0.25) is 0 Å². The molecular weight excluding hydrogens is 236 g/mol. The van der Waals surface area contributed by atoms with Gasteiger partial charge in [-0.15, -0.1) is 0 Å². The molecular formula is C13H16O5. The first-order valence-corrected chi connectivity index (χ1v) is 5.85. The highest BCUT2D eigenvalue weighted by atomic mass is 16.6. The van der Waals surface area contributed by atoms with E-state index in [-0.39, 0.29) is 11.9 Å². The van der Waals surface area contributed by atoms with Gasteiger partial charge in [-0.05, 0) is 13.8 Å². The zero-order valence-electron chi connectivity index (χ0n) is 10.6. The number of phenolic OH excluding ortho intramolecular Hbond substituents is 1. The minimum Gasteiger partial charge on any atom is -0.504 e. The van der Waals surface area contributed by atoms with Crippen LogP contribution in [0.4, 0.5) is 0 Å². The first-order chi connectivity index (χ1) is 8.49. The third-order valence-corrected chi connectivity index (χ3v) is 2.48. The first-order valence-electron chi connectivity index (χ1n) is 5.85. The van der Waals surface area contributed by atoms with Gasteiger partial charge < -0.3 is 19.3 Å². The van der Waals surface area contributed by atoms with E-state index in [4.69, 9.17) is 14.2 Å². The van der Waals surface area contributed by atoms with Crippen LogP contribution >= 0.6 is 0 Å². The maximum atomic E-state index is 11.2. The Morgan fingerprint density at radius 1 is 1.50 bits per heavy atom. The Hall–Kier alpha value is -1.91. The fourth-order valence-electron chi connectivity index (χ4n) is 1.90. The average molecular weight is 252 g/mol. The molecule has 5 heteroatoms. The highest BCUT2D eigenvalue weighted by Crippen LogP contribution is 2.47. The molecule has 1 N–H and O–H groups in total. The van der Waals surface area contributed by atoms with Gasteiger partial charge in [0.15, 0.2) is 23.0 Å². The van der Waals surface area contributed by atoms with Gasteiger partial charge in [0.2, 0.25) is 0 Å². The lowest BCUT2D eigenvalue weighted by molar-refractivity contribution is -0.132. The van der Waals surface area contributed by atoms with Gasteiger partial charge in [-0.3, -0.25) is 4.79 Å². The molecule has 1 aromatic carbocycles. The van der Waals surface area contributed by atoms with Crippen LogP contribution in [0.1, 0.15) is 26.3 Å². The van der Waals surface area contributed by atoms with E-state index in [9.17, 15) is 9.90 Å². The molecule has 1 heterocycles. The van der Waals surface area contributed by atoms with E-state index in [0.717, 1.165) is 0 Å². The van der Waals surface area contributed by atoms with Crippen molar-refractivity contribution in [1.82, 2.24) is 0 Å². The number of rotatable bonds is 3. The number of carbonyl (C=O) groups is 1. The number of esters is 1. The van der Waals surface area contributed by atoms with Crippen molar-refractivity contribution in [3.8, 4) is 23.0 Å². The summed E-state index contributed by atoms with van der Waals surface area (Å²) >= 11 is 0. The van der Waals surface area contributed by atoms with Gasteiger partial charge in [-0.1, -0.05) is 0 Å². The Morgan fingerprint density at radius 2 is 2.22 bits per heavy atom. The number of benzene rings is 1. The maximum absolute atomic E-state index is 11.2. The maximum Gasteiger partial charge on any atom is 0.308 e. The van der Waals surface area contributed by atoms with Gasteiger partial charge in [0.1, 0.15) is 0 Å². The molecule has 0 saturated heterocycles. The van der Waals surface area contributed by atoms with Crippen LogP contribution in [0.3, 0.4) is 0 Å². The molecule has 18 heavy (non-hydrogen) atoms. The molecule has 5 nitrogen and oxygen atoms in total. The fraction of sp³-hybridized carbons (Fsp3) is 0.462. The SMILES string of the molecule is CC(=O)Oc1c(OC(C)C)cc(O)c2c1CCO2. The molecule has 1 aliphatic heterocycles. The summed E-state index contributed by atoms with van der Waals surface area (Å²) in [6.45, 7) is 5.51. The van der Waals surface area contributed by atoms with Crippen LogP contribution in [0.5, 0.6) is 23.0 Å². The summed E-state index contributed by atoms with van der Waals surface area (Å²) in [5.41, 5.74) is 0.681. The number of hydrogen-bond acceptors (Lipinski definition) is 5. The predicted octanol–water partition coefficient (Wildman–Crippen LogP) is 2.04. The lowest BCUT2D eigenvalue weighted by Gasteiger charge is -2.16. The van der Waals surface area contributed by atoms with Crippen molar-refractivity contribution in [1.29, 1.82) is 0 Å². The molecule has 0 spiro atoms. The highest BCUT2D eigenvalue weighted by Gasteiger charge is 2.26. The van der Waals surface area contributed by atoms with Gasteiger partial charge in [-0.25, -0.2) is 0 Å². The third kappa shape index (κ3) is 2.34. The van der Waals surface area contributed by atoms with Crippen molar-refractivity contribution in [3.63, 3.8) is 0 Å². The lowest BCUT2D eigenvalue weighted by atomic mass is 10.1. The monoisotopic (exact) mass is 252 g/mol. The van der Waals surface area contributed by atoms with Gasteiger partial charge in [0.25, 0.3) is 0 Å². The van der Waals surface area contributed by atoms with Crippen LogP contribution in [0.15, 0.2) is 6.07 Å². The van der Waals surface area contributed by atoms with Crippen molar-refractivity contribution in [2.45, 2.75) is 33.3 Å². The molecule has 0 bridgehead atoms. The quantitative estimate of drug-likeness (QED) is 0.658. The number of hydrogen-bond donors (Lipinski definition) is 1. The van der Waals surface area contributed by atoms with Gasteiger partial charge >= 0.3 is 5.97 Å². The van der Waals surface area contributed by atoms with E-state index < -0.39 is 5.97 Å². The Bertz CT molecular complexity index is 479. The Morgan fingerprint density at radius 3 is 2.83 bits per heavy atom. The van der Waals surface area contributed by atoms with Gasteiger partial charge in [-0.2, -0.15) is 0 Å². The molecule has 2 rings (SSSR count). The van der Waals surface area contributed by atoms with Crippen LogP contribution in [-0.4, -0.2) is 23.8 Å². The standard InChI is InChI=1S/C13H16O5/c1-7(2)17-11-6-10(15)12-9(4-5-16-12)13(11)18-8(3)14/h6-7,15H,4-5H2,1-3H3. The van der Waals surface area contributed by atoms with Crippen LogP contribution < -0.4 is 14.2 Å². The zero-order valence-corrected chi connectivity index (χ0v) is 10.6. The largest absolute Gasteiger partial charge is 0.504 e. The molecule has 0 unspecified atom stereocenters. The summed E-state index contributed by atoms with van der Waals surface area (Å²) in [5.74, 6) is 0.670. The first kappa shape index (κ1) is 12.5.